The van der Waals surface area contributed by atoms with Crippen LogP contribution < -0.4 is 10.6 Å². The molecule has 0 amide bonds. The first-order chi connectivity index (χ1) is 10.0. The molecular weight excluding hydrogens is 282 g/mol. The van der Waals surface area contributed by atoms with Gasteiger partial charge in [0, 0.05) is 18.5 Å². The Bertz CT molecular complexity index is 425. The first-order valence-electron chi connectivity index (χ1n) is 7.64. The van der Waals surface area contributed by atoms with Crippen molar-refractivity contribution in [2.24, 2.45) is 4.99 Å². The van der Waals surface area contributed by atoms with Crippen LogP contribution in [0.4, 0.5) is 0 Å². The molecule has 0 aliphatic carbocycles. The Kier molecular flexibility index (Phi) is 8.30. The van der Waals surface area contributed by atoms with Crippen molar-refractivity contribution < 1.29 is 0 Å². The minimum atomic E-state index is 0.483. The van der Waals surface area contributed by atoms with Gasteiger partial charge < -0.3 is 15.5 Å². The molecule has 0 spiro atoms. The number of nitrogens with one attached hydrogen (secondary N) is 2. The van der Waals surface area contributed by atoms with Crippen LogP contribution in [0.5, 0.6) is 0 Å². The highest BCUT2D eigenvalue weighted by molar-refractivity contribution is 7.09. The molecule has 1 heterocycles. The Morgan fingerprint density at radius 2 is 2.14 bits per heavy atom. The zero-order chi connectivity index (χ0) is 15.7. The second kappa shape index (κ2) is 9.73. The van der Waals surface area contributed by atoms with Gasteiger partial charge in [-0.1, -0.05) is 13.8 Å². The van der Waals surface area contributed by atoms with Crippen LogP contribution in [0.25, 0.3) is 0 Å². The van der Waals surface area contributed by atoms with Gasteiger partial charge in [-0.3, -0.25) is 0 Å². The molecule has 0 aliphatic rings. The number of hydrogen-bond acceptors (Lipinski definition) is 4. The van der Waals surface area contributed by atoms with Crippen molar-refractivity contribution in [1.82, 2.24) is 20.5 Å². The van der Waals surface area contributed by atoms with Gasteiger partial charge in [0.2, 0.25) is 0 Å². The van der Waals surface area contributed by atoms with Crippen LogP contribution in [0.15, 0.2) is 10.4 Å². The van der Waals surface area contributed by atoms with Crippen LogP contribution >= 0.6 is 11.3 Å². The summed E-state index contributed by atoms with van der Waals surface area (Å²) in [5, 5.41) is 9.84. The molecule has 1 aromatic heterocycles. The maximum atomic E-state index is 4.61. The molecule has 120 valence electrons. The average Bonchev–Trinajstić information content (AvgIpc) is 2.89. The van der Waals surface area contributed by atoms with E-state index in [-0.39, 0.29) is 0 Å². The normalized spacial score (nSPS) is 12.2. The van der Waals surface area contributed by atoms with E-state index in [2.05, 4.69) is 65.8 Å². The quantitative estimate of drug-likeness (QED) is 0.439. The van der Waals surface area contributed by atoms with E-state index in [0.717, 1.165) is 42.7 Å². The fraction of sp³-hybridized carbons (Fsp3) is 0.733. The smallest absolute Gasteiger partial charge is 0.191 e. The number of nitrogens with zero attached hydrogens (tertiary/aromatic N) is 3. The first-order valence-corrected chi connectivity index (χ1v) is 8.52. The molecule has 0 aromatic carbocycles. The highest BCUT2D eigenvalue weighted by Crippen LogP contribution is 2.18. The van der Waals surface area contributed by atoms with Crippen molar-refractivity contribution in [3.8, 4) is 0 Å². The molecular formula is C15H29N5S. The maximum Gasteiger partial charge on any atom is 0.191 e. The van der Waals surface area contributed by atoms with E-state index in [1.165, 1.54) is 0 Å². The van der Waals surface area contributed by atoms with Gasteiger partial charge >= 0.3 is 0 Å². The zero-order valence-electron chi connectivity index (χ0n) is 13.9. The molecule has 1 rings (SSSR count). The van der Waals surface area contributed by atoms with Crippen LogP contribution in [0.3, 0.4) is 0 Å². The van der Waals surface area contributed by atoms with E-state index >= 15 is 0 Å². The van der Waals surface area contributed by atoms with Gasteiger partial charge in [0.1, 0.15) is 5.01 Å². The van der Waals surface area contributed by atoms with Gasteiger partial charge in [-0.25, -0.2) is 9.98 Å². The summed E-state index contributed by atoms with van der Waals surface area (Å²) in [5.41, 5.74) is 1.16. The largest absolute Gasteiger partial charge is 0.357 e. The van der Waals surface area contributed by atoms with E-state index in [0.29, 0.717) is 12.5 Å². The molecule has 2 N–H and O–H groups in total. The van der Waals surface area contributed by atoms with E-state index in [1.807, 2.05) is 0 Å². The highest BCUT2D eigenvalue weighted by atomic mass is 32.1. The van der Waals surface area contributed by atoms with Crippen molar-refractivity contribution in [3.05, 3.63) is 16.1 Å². The second-order valence-corrected chi connectivity index (χ2v) is 6.54. The van der Waals surface area contributed by atoms with E-state index in [4.69, 9.17) is 0 Å². The predicted molar refractivity (Wildman–Crippen MR) is 92.2 cm³/mol. The predicted octanol–water partition coefficient (Wildman–Crippen LogP) is 2.27. The number of guanidine groups is 1. The summed E-state index contributed by atoms with van der Waals surface area (Å²) in [4.78, 5) is 11.4. The second-order valence-electron chi connectivity index (χ2n) is 5.60. The van der Waals surface area contributed by atoms with Gasteiger partial charge in [0.15, 0.2) is 5.96 Å². The third-order valence-electron chi connectivity index (χ3n) is 2.95. The van der Waals surface area contributed by atoms with Crippen LogP contribution in [-0.2, 0) is 6.54 Å². The van der Waals surface area contributed by atoms with Gasteiger partial charge in [-0.2, -0.15) is 0 Å². The lowest BCUT2D eigenvalue weighted by Crippen LogP contribution is -2.38. The Morgan fingerprint density at radius 1 is 1.38 bits per heavy atom. The topological polar surface area (TPSA) is 52.6 Å². The maximum absolute atomic E-state index is 4.61. The van der Waals surface area contributed by atoms with Crippen molar-refractivity contribution in [2.75, 3.05) is 33.7 Å². The molecule has 0 saturated carbocycles. The average molecular weight is 311 g/mol. The summed E-state index contributed by atoms with van der Waals surface area (Å²) in [5.74, 6) is 1.36. The Morgan fingerprint density at radius 3 is 2.71 bits per heavy atom. The molecule has 1 aromatic rings. The van der Waals surface area contributed by atoms with Crippen LogP contribution in [0.2, 0.25) is 0 Å². The summed E-state index contributed by atoms with van der Waals surface area (Å²) in [6.07, 6.45) is 1.10. The van der Waals surface area contributed by atoms with Gasteiger partial charge in [-0.05, 0) is 39.9 Å². The standard InChI is InChI=1S/C15H29N5S/c1-6-16-15(17-8-7-9-20(4)5)18-10-14-19-13(11-21-14)12(2)3/h11-12H,6-10H2,1-5H3,(H2,16,17,18). The first kappa shape index (κ1) is 17.9. The van der Waals surface area contributed by atoms with Gasteiger partial charge in [-0.15, -0.1) is 11.3 Å². The molecule has 0 saturated heterocycles. The molecule has 5 nitrogen and oxygen atoms in total. The lowest BCUT2D eigenvalue weighted by molar-refractivity contribution is 0.399. The molecule has 0 aliphatic heterocycles. The molecule has 0 unspecified atom stereocenters. The minimum Gasteiger partial charge on any atom is -0.357 e. The van der Waals surface area contributed by atoms with Gasteiger partial charge in [0.05, 0.1) is 12.2 Å². The number of hydrogen-bond donors (Lipinski definition) is 2. The number of aromatic nitrogens is 1. The monoisotopic (exact) mass is 311 g/mol. The van der Waals surface area contributed by atoms with Gasteiger partial charge in [0.25, 0.3) is 0 Å². The minimum absolute atomic E-state index is 0.483. The highest BCUT2D eigenvalue weighted by Gasteiger charge is 2.05. The fourth-order valence-electron chi connectivity index (χ4n) is 1.75. The third-order valence-corrected chi connectivity index (χ3v) is 3.80. The molecule has 0 radical (unpaired) electrons. The summed E-state index contributed by atoms with van der Waals surface area (Å²) in [7, 11) is 4.18. The van der Waals surface area contributed by atoms with Crippen molar-refractivity contribution in [3.63, 3.8) is 0 Å². The lowest BCUT2D eigenvalue weighted by atomic mass is 10.2. The molecule has 6 heteroatoms. The summed E-state index contributed by atoms with van der Waals surface area (Å²) in [6.45, 7) is 9.93. The van der Waals surface area contributed by atoms with Crippen LogP contribution in [-0.4, -0.2) is 49.6 Å². The van der Waals surface area contributed by atoms with Crippen LogP contribution in [0, 0.1) is 0 Å². The molecule has 0 bridgehead atoms. The van der Waals surface area contributed by atoms with Crippen molar-refractivity contribution in [2.45, 2.75) is 39.7 Å². The third kappa shape index (κ3) is 7.43. The van der Waals surface area contributed by atoms with Crippen molar-refractivity contribution >= 4 is 17.3 Å². The molecule has 0 fully saturated rings. The number of thiazole rings is 1. The summed E-state index contributed by atoms with van der Waals surface area (Å²) in [6, 6.07) is 0. The Labute approximate surface area is 132 Å². The summed E-state index contributed by atoms with van der Waals surface area (Å²) < 4.78 is 0. The Hall–Kier alpha value is -1.14. The molecule has 0 atom stereocenters. The van der Waals surface area contributed by atoms with E-state index in [1.54, 1.807) is 11.3 Å². The fourth-order valence-corrected chi connectivity index (χ4v) is 2.63. The lowest BCUT2D eigenvalue weighted by Gasteiger charge is -2.13. The van der Waals surface area contributed by atoms with E-state index in [9.17, 15) is 0 Å². The molecule has 21 heavy (non-hydrogen) atoms. The zero-order valence-corrected chi connectivity index (χ0v) is 14.8. The van der Waals surface area contributed by atoms with E-state index < -0.39 is 0 Å². The summed E-state index contributed by atoms with van der Waals surface area (Å²) >= 11 is 1.69. The van der Waals surface area contributed by atoms with Crippen LogP contribution in [0.1, 0.15) is 43.8 Å². The van der Waals surface area contributed by atoms with Crippen molar-refractivity contribution in [1.29, 1.82) is 0 Å². The Balaban J connectivity index is 2.46. The number of rotatable bonds is 8. The SMILES string of the molecule is CCNC(=NCc1nc(C(C)C)cs1)NCCCN(C)C. The number of aliphatic imine (C=N–C) groups is 1.